The normalized spacial score (nSPS) is 14.0. The van der Waals surface area contributed by atoms with Crippen molar-refractivity contribution in [3.63, 3.8) is 0 Å². The number of nitriles is 1. The Morgan fingerprint density at radius 2 is 2.03 bits per heavy atom. The van der Waals surface area contributed by atoms with Gasteiger partial charge in [-0.15, -0.1) is 0 Å². The van der Waals surface area contributed by atoms with Crippen molar-refractivity contribution in [1.82, 2.24) is 15.2 Å². The molecule has 0 saturated heterocycles. The molecule has 2 heterocycles. The van der Waals surface area contributed by atoms with Gasteiger partial charge in [-0.05, 0) is 49.5 Å². The molecular formula is C30H41N5O3. The van der Waals surface area contributed by atoms with Crippen molar-refractivity contribution in [3.8, 4) is 11.8 Å². The topological polar surface area (TPSA) is 107 Å². The van der Waals surface area contributed by atoms with E-state index in [9.17, 15) is 9.59 Å². The summed E-state index contributed by atoms with van der Waals surface area (Å²) < 4.78 is 6.07. The highest BCUT2D eigenvalue weighted by atomic mass is 16.5. The molecule has 38 heavy (non-hydrogen) atoms. The summed E-state index contributed by atoms with van der Waals surface area (Å²) in [5.41, 5.74) is 3.15. The van der Waals surface area contributed by atoms with Gasteiger partial charge < -0.3 is 15.0 Å². The molecule has 0 spiro atoms. The first kappa shape index (κ1) is 30.5. The molecule has 1 aromatic carbocycles. The number of nitrogens with zero attached hydrogens (tertiary/aromatic N) is 3. The number of aromatic nitrogens is 1. The van der Waals surface area contributed by atoms with Gasteiger partial charge in [0.25, 0.3) is 0 Å². The Balaban J connectivity index is 0.00000118. The van der Waals surface area contributed by atoms with Crippen LogP contribution in [0.5, 0.6) is 5.75 Å². The number of ether oxygens (including phenoxy) is 1. The Kier molecular flexibility index (Phi) is 11.5. The minimum Gasteiger partial charge on any atom is -0.493 e. The van der Waals surface area contributed by atoms with E-state index in [1.807, 2.05) is 45.0 Å². The van der Waals surface area contributed by atoms with E-state index in [0.29, 0.717) is 37.9 Å². The lowest BCUT2D eigenvalue weighted by Crippen LogP contribution is -2.47. The smallest absolute Gasteiger partial charge is 0.246 e. The fourth-order valence-electron chi connectivity index (χ4n) is 3.72. The van der Waals surface area contributed by atoms with E-state index in [1.165, 1.54) is 0 Å². The molecule has 2 N–H and O–H groups in total. The van der Waals surface area contributed by atoms with Gasteiger partial charge >= 0.3 is 0 Å². The number of nitrogens with one attached hydrogen (secondary N) is 2. The van der Waals surface area contributed by atoms with Gasteiger partial charge in [0.2, 0.25) is 11.8 Å². The summed E-state index contributed by atoms with van der Waals surface area (Å²) in [4.78, 5) is 31.2. The molecule has 8 heteroatoms. The minimum absolute atomic E-state index is 0.112. The number of anilines is 1. The van der Waals surface area contributed by atoms with Crippen LogP contribution in [0.1, 0.15) is 82.6 Å². The van der Waals surface area contributed by atoms with Crippen LogP contribution in [0, 0.1) is 11.3 Å². The summed E-state index contributed by atoms with van der Waals surface area (Å²) in [6.45, 7) is 13.5. The molecular weight excluding hydrogens is 478 g/mol. The number of benzene rings is 1. The van der Waals surface area contributed by atoms with Crippen molar-refractivity contribution in [2.45, 2.75) is 78.9 Å². The number of rotatable bonds is 8. The van der Waals surface area contributed by atoms with Crippen LogP contribution in [0.2, 0.25) is 0 Å². The zero-order valence-electron chi connectivity index (χ0n) is 23.7. The van der Waals surface area contributed by atoms with Crippen molar-refractivity contribution in [2.24, 2.45) is 0 Å². The van der Waals surface area contributed by atoms with Gasteiger partial charge in [-0.3, -0.25) is 14.9 Å². The van der Waals surface area contributed by atoms with E-state index in [0.717, 1.165) is 34.4 Å². The van der Waals surface area contributed by atoms with Crippen LogP contribution in [-0.4, -0.2) is 40.9 Å². The van der Waals surface area contributed by atoms with Crippen LogP contribution in [0.25, 0.3) is 6.08 Å². The molecule has 0 fully saturated rings. The summed E-state index contributed by atoms with van der Waals surface area (Å²) in [6.07, 6.45) is 6.51. The Hall–Kier alpha value is -3.70. The quantitative estimate of drug-likeness (QED) is 0.452. The van der Waals surface area contributed by atoms with Gasteiger partial charge in [0, 0.05) is 50.0 Å². The Labute approximate surface area is 227 Å². The second-order valence-corrected chi connectivity index (χ2v) is 10.1. The minimum atomic E-state index is -0.679. The van der Waals surface area contributed by atoms with Gasteiger partial charge in [0.05, 0.1) is 18.2 Å². The predicted molar refractivity (Wildman–Crippen MR) is 152 cm³/mol. The molecule has 0 bridgehead atoms. The predicted octanol–water partition coefficient (Wildman–Crippen LogP) is 5.41. The number of likely N-dealkylation sites (N-methyl/N-ethyl adjacent to an activating group) is 1. The molecule has 8 nitrogen and oxygen atoms in total. The maximum Gasteiger partial charge on any atom is 0.246 e. The lowest BCUT2D eigenvalue weighted by atomic mass is 9.98. The molecule has 0 radical (unpaired) electrons. The summed E-state index contributed by atoms with van der Waals surface area (Å²) in [5.74, 6) is 1.53. The number of amides is 2. The molecule has 3 rings (SSSR count). The van der Waals surface area contributed by atoms with E-state index >= 15 is 0 Å². The number of fused-ring (bicyclic) bond motifs is 1. The molecule has 1 aliphatic heterocycles. The van der Waals surface area contributed by atoms with Crippen molar-refractivity contribution in [3.05, 3.63) is 58.8 Å². The second kappa shape index (κ2) is 14.3. The maximum absolute atomic E-state index is 12.8. The summed E-state index contributed by atoms with van der Waals surface area (Å²) >= 11 is 0. The zero-order chi connectivity index (χ0) is 28.3. The van der Waals surface area contributed by atoms with Gasteiger partial charge in [-0.1, -0.05) is 45.9 Å². The Bertz CT molecular complexity index is 1180. The fourth-order valence-corrected chi connectivity index (χ4v) is 3.72. The second-order valence-electron chi connectivity index (χ2n) is 10.1. The van der Waals surface area contributed by atoms with Crippen molar-refractivity contribution >= 4 is 23.7 Å². The van der Waals surface area contributed by atoms with Crippen LogP contribution < -0.4 is 15.4 Å². The standard InChI is InChI=1S/C27H36N4O3.C3H5N/c1-7-13-34-24-20(9-8-10-22(24)18(2)3)17-31(6)23(32)12-11-19-14-21-16-29-27(4,5)26(33)30-25(21)28-15-19;1-2-3-4/h8-12,14-15,18,29H,7,13,16-17H2,1-6H3,(H,28,30,33);2H2,1H3/b12-11+;. The Morgan fingerprint density at radius 3 is 2.66 bits per heavy atom. The number of pyridine rings is 1. The lowest BCUT2D eigenvalue weighted by molar-refractivity contribution is -0.125. The Morgan fingerprint density at radius 1 is 1.32 bits per heavy atom. The first-order valence-corrected chi connectivity index (χ1v) is 13.1. The summed E-state index contributed by atoms with van der Waals surface area (Å²) in [6, 6.07) is 9.99. The number of carbonyl (C=O) groups is 2. The molecule has 204 valence electrons. The number of hydrogen-bond acceptors (Lipinski definition) is 6. The van der Waals surface area contributed by atoms with Crippen LogP contribution in [0.3, 0.4) is 0 Å². The van der Waals surface area contributed by atoms with Crippen molar-refractivity contribution < 1.29 is 14.3 Å². The average Bonchev–Trinajstić information content (AvgIpc) is 3.01. The van der Waals surface area contributed by atoms with Gasteiger partial charge in [-0.25, -0.2) is 4.98 Å². The molecule has 0 unspecified atom stereocenters. The fraction of sp³-hybridized carbons (Fsp3) is 0.467. The zero-order valence-corrected chi connectivity index (χ0v) is 23.7. The maximum atomic E-state index is 12.8. The molecule has 0 saturated carbocycles. The monoisotopic (exact) mass is 519 g/mol. The van der Waals surface area contributed by atoms with Gasteiger partial charge in [0.15, 0.2) is 0 Å². The number of carbonyl (C=O) groups excluding carboxylic acids is 2. The van der Waals surface area contributed by atoms with E-state index in [-0.39, 0.29) is 11.8 Å². The third-order valence-electron chi connectivity index (χ3n) is 6.07. The van der Waals surface area contributed by atoms with Crippen LogP contribution >= 0.6 is 0 Å². The SMILES string of the molecule is CCC#N.CCCOc1c(CN(C)C(=O)/C=C/c2cnc3c(c2)CNC(C)(C)C(=O)N3)cccc1C(C)C. The molecule has 0 aliphatic carbocycles. The average molecular weight is 520 g/mol. The highest BCUT2D eigenvalue weighted by molar-refractivity contribution is 5.98. The molecule has 1 aliphatic rings. The number of hydrogen-bond donors (Lipinski definition) is 2. The van der Waals surface area contributed by atoms with E-state index in [1.54, 1.807) is 30.3 Å². The van der Waals surface area contributed by atoms with Gasteiger partial charge in [-0.2, -0.15) is 5.26 Å². The number of para-hydroxylation sites is 1. The van der Waals surface area contributed by atoms with E-state index in [4.69, 9.17) is 10.00 Å². The first-order valence-electron chi connectivity index (χ1n) is 13.1. The van der Waals surface area contributed by atoms with Crippen molar-refractivity contribution in [1.29, 1.82) is 5.26 Å². The molecule has 0 atom stereocenters. The third kappa shape index (κ3) is 8.42. The van der Waals surface area contributed by atoms with Crippen molar-refractivity contribution in [2.75, 3.05) is 19.0 Å². The largest absolute Gasteiger partial charge is 0.493 e. The third-order valence-corrected chi connectivity index (χ3v) is 6.07. The molecule has 2 aromatic rings. The van der Waals surface area contributed by atoms with Crippen LogP contribution in [0.15, 0.2) is 36.5 Å². The molecule has 1 aromatic heterocycles. The van der Waals surface area contributed by atoms with E-state index in [2.05, 4.69) is 42.5 Å². The van der Waals surface area contributed by atoms with Crippen LogP contribution in [-0.2, 0) is 22.7 Å². The first-order chi connectivity index (χ1) is 18.0. The van der Waals surface area contributed by atoms with Crippen LogP contribution in [0.4, 0.5) is 5.82 Å². The van der Waals surface area contributed by atoms with Gasteiger partial charge in [0.1, 0.15) is 11.6 Å². The highest BCUT2D eigenvalue weighted by Gasteiger charge is 2.30. The lowest BCUT2D eigenvalue weighted by Gasteiger charge is -2.21. The summed E-state index contributed by atoms with van der Waals surface area (Å²) in [7, 11) is 1.79. The summed E-state index contributed by atoms with van der Waals surface area (Å²) in [5, 5.41) is 13.7. The highest BCUT2D eigenvalue weighted by Crippen LogP contribution is 2.31. The molecule has 2 amide bonds. The van der Waals surface area contributed by atoms with E-state index < -0.39 is 5.54 Å².